The predicted molar refractivity (Wildman–Crippen MR) is 74.9 cm³/mol. The summed E-state index contributed by atoms with van der Waals surface area (Å²) in [6.45, 7) is 8.97. The molecule has 1 aliphatic heterocycles. The Bertz CT molecular complexity index is 339. The fourth-order valence-corrected chi connectivity index (χ4v) is 3.82. The molecule has 0 bridgehead atoms. The van der Waals surface area contributed by atoms with Crippen LogP contribution in [-0.4, -0.2) is 23.8 Å². The van der Waals surface area contributed by atoms with Crippen molar-refractivity contribution in [3.63, 3.8) is 0 Å². The molecule has 19 heavy (non-hydrogen) atoms. The van der Waals surface area contributed by atoms with Crippen LogP contribution >= 0.6 is 0 Å². The number of rotatable bonds is 5. The van der Waals surface area contributed by atoms with Gasteiger partial charge in [0, 0.05) is 0 Å². The normalized spacial score (nSPS) is 37.6. The average Bonchev–Trinajstić information content (AvgIpc) is 2.98. The second-order valence-electron chi connectivity index (χ2n) is 6.49. The zero-order valence-electron chi connectivity index (χ0n) is 12.8. The summed E-state index contributed by atoms with van der Waals surface area (Å²) in [7, 11) is 0. The number of epoxide rings is 1. The lowest BCUT2D eigenvalue weighted by Gasteiger charge is -2.31. The first-order valence-corrected chi connectivity index (χ1v) is 7.88. The van der Waals surface area contributed by atoms with Gasteiger partial charge in [-0.3, -0.25) is 0 Å². The van der Waals surface area contributed by atoms with E-state index in [1.54, 1.807) is 0 Å². The number of carbonyl (C=O) groups excluding carboxylic acids is 1. The second-order valence-corrected chi connectivity index (χ2v) is 6.49. The quantitative estimate of drug-likeness (QED) is 0.563. The van der Waals surface area contributed by atoms with Crippen molar-refractivity contribution in [1.82, 2.24) is 0 Å². The van der Waals surface area contributed by atoms with Gasteiger partial charge < -0.3 is 9.47 Å². The highest BCUT2D eigenvalue weighted by Gasteiger charge is 2.74. The fourth-order valence-electron chi connectivity index (χ4n) is 3.82. The molecule has 0 N–H and O–H groups in total. The van der Waals surface area contributed by atoms with Gasteiger partial charge in [0.15, 0.2) is 5.60 Å². The first kappa shape index (κ1) is 14.8. The van der Waals surface area contributed by atoms with Crippen LogP contribution in [0.4, 0.5) is 0 Å². The van der Waals surface area contributed by atoms with Crippen molar-refractivity contribution in [2.45, 2.75) is 77.4 Å². The van der Waals surface area contributed by atoms with Crippen molar-refractivity contribution in [1.29, 1.82) is 0 Å². The summed E-state index contributed by atoms with van der Waals surface area (Å²) in [6.07, 6.45) is 6.27. The summed E-state index contributed by atoms with van der Waals surface area (Å²) in [5.41, 5.74) is -0.826. The van der Waals surface area contributed by atoms with Crippen LogP contribution in [0.15, 0.2) is 0 Å². The van der Waals surface area contributed by atoms with E-state index in [1.807, 2.05) is 6.92 Å². The van der Waals surface area contributed by atoms with Gasteiger partial charge in [-0.25, -0.2) is 4.79 Å². The summed E-state index contributed by atoms with van der Waals surface area (Å²) in [5, 5.41) is 0. The van der Waals surface area contributed by atoms with E-state index in [4.69, 9.17) is 9.47 Å². The van der Waals surface area contributed by atoms with Crippen LogP contribution in [0.2, 0.25) is 0 Å². The van der Waals surface area contributed by atoms with Gasteiger partial charge in [0.2, 0.25) is 0 Å². The highest BCUT2D eigenvalue weighted by atomic mass is 16.7. The molecule has 1 saturated carbocycles. The molecular formula is C16H28O3. The van der Waals surface area contributed by atoms with Crippen molar-refractivity contribution >= 4 is 5.97 Å². The molecular weight excluding hydrogens is 240 g/mol. The number of hydrogen-bond donors (Lipinski definition) is 0. The smallest absolute Gasteiger partial charge is 0.341 e. The Morgan fingerprint density at radius 2 is 2.16 bits per heavy atom. The van der Waals surface area contributed by atoms with Crippen LogP contribution in [-0.2, 0) is 14.3 Å². The minimum atomic E-state index is -0.620. The van der Waals surface area contributed by atoms with Crippen molar-refractivity contribution in [2.75, 3.05) is 6.61 Å². The van der Waals surface area contributed by atoms with Gasteiger partial charge in [-0.05, 0) is 44.4 Å². The highest BCUT2D eigenvalue weighted by molar-refractivity contribution is 5.85. The monoisotopic (exact) mass is 268 g/mol. The third-order valence-corrected chi connectivity index (χ3v) is 4.96. The van der Waals surface area contributed by atoms with Gasteiger partial charge in [-0.15, -0.1) is 0 Å². The largest absolute Gasteiger partial charge is 0.464 e. The lowest BCUT2D eigenvalue weighted by atomic mass is 9.70. The van der Waals surface area contributed by atoms with Crippen LogP contribution in [0.1, 0.15) is 66.2 Å². The van der Waals surface area contributed by atoms with Crippen LogP contribution in [0, 0.1) is 11.8 Å². The first-order valence-electron chi connectivity index (χ1n) is 7.88. The maximum atomic E-state index is 12.3. The van der Waals surface area contributed by atoms with Gasteiger partial charge in [0.1, 0.15) is 5.60 Å². The van der Waals surface area contributed by atoms with E-state index in [-0.39, 0.29) is 11.6 Å². The lowest BCUT2D eigenvalue weighted by Crippen LogP contribution is -2.39. The van der Waals surface area contributed by atoms with E-state index in [1.165, 1.54) is 12.8 Å². The Labute approximate surface area is 117 Å². The molecule has 0 radical (unpaired) electrons. The fraction of sp³-hybridized carbons (Fsp3) is 0.938. The summed E-state index contributed by atoms with van der Waals surface area (Å²) in [5.74, 6) is 1.23. The SMILES string of the molecule is CCCC1(C(=O)OCC)OC12CCCC(C(C)C)C2. The first-order chi connectivity index (χ1) is 9.01. The summed E-state index contributed by atoms with van der Waals surface area (Å²) in [4.78, 5) is 12.3. The highest BCUT2D eigenvalue weighted by Crippen LogP contribution is 2.61. The standard InChI is InChI=1S/C16H28O3/c1-5-9-16(14(17)18-6-2)15(19-16)10-7-8-13(11-15)12(3)4/h12-13H,5-11H2,1-4H3. The van der Waals surface area contributed by atoms with Crippen LogP contribution in [0.25, 0.3) is 0 Å². The predicted octanol–water partition coefficient (Wildman–Crippen LogP) is 3.70. The van der Waals surface area contributed by atoms with Crippen molar-refractivity contribution in [3.8, 4) is 0 Å². The number of esters is 1. The molecule has 3 heteroatoms. The zero-order valence-corrected chi connectivity index (χ0v) is 12.8. The Hall–Kier alpha value is -0.570. The van der Waals surface area contributed by atoms with Crippen molar-refractivity contribution in [2.24, 2.45) is 11.8 Å². The maximum Gasteiger partial charge on any atom is 0.341 e. The van der Waals surface area contributed by atoms with Crippen molar-refractivity contribution < 1.29 is 14.3 Å². The maximum absolute atomic E-state index is 12.3. The molecule has 2 rings (SSSR count). The number of hydrogen-bond acceptors (Lipinski definition) is 3. The van der Waals surface area contributed by atoms with Gasteiger partial charge in [0.05, 0.1) is 6.61 Å². The van der Waals surface area contributed by atoms with Crippen LogP contribution in [0.3, 0.4) is 0 Å². The Kier molecular flexibility index (Phi) is 4.24. The molecule has 110 valence electrons. The summed E-state index contributed by atoms with van der Waals surface area (Å²) in [6, 6.07) is 0. The molecule has 1 saturated heterocycles. The van der Waals surface area contributed by atoms with E-state index < -0.39 is 5.60 Å². The summed E-state index contributed by atoms with van der Waals surface area (Å²) >= 11 is 0. The molecule has 1 heterocycles. The molecule has 3 nitrogen and oxygen atoms in total. The summed E-state index contributed by atoms with van der Waals surface area (Å²) < 4.78 is 11.4. The number of ether oxygens (including phenoxy) is 2. The minimum Gasteiger partial charge on any atom is -0.464 e. The van der Waals surface area contributed by atoms with Gasteiger partial charge in [0.25, 0.3) is 0 Å². The second kappa shape index (κ2) is 5.43. The van der Waals surface area contributed by atoms with E-state index in [9.17, 15) is 4.79 Å². The molecule has 3 atom stereocenters. The minimum absolute atomic E-state index is 0.124. The molecule has 0 aromatic heterocycles. The molecule has 1 spiro atoms. The molecule has 1 aliphatic carbocycles. The molecule has 3 unspecified atom stereocenters. The Morgan fingerprint density at radius 3 is 2.74 bits per heavy atom. The van der Waals surface area contributed by atoms with Gasteiger partial charge in [-0.1, -0.05) is 33.6 Å². The average molecular weight is 268 g/mol. The third kappa shape index (κ3) is 2.42. The van der Waals surface area contributed by atoms with Crippen LogP contribution in [0.5, 0.6) is 0 Å². The van der Waals surface area contributed by atoms with E-state index in [0.29, 0.717) is 18.4 Å². The lowest BCUT2D eigenvalue weighted by molar-refractivity contribution is -0.150. The van der Waals surface area contributed by atoms with Gasteiger partial charge >= 0.3 is 5.97 Å². The molecule has 0 aromatic carbocycles. The third-order valence-electron chi connectivity index (χ3n) is 4.96. The Balaban J connectivity index is 2.13. The number of carbonyl (C=O) groups is 1. The molecule has 0 aromatic rings. The molecule has 2 fully saturated rings. The van der Waals surface area contributed by atoms with Gasteiger partial charge in [-0.2, -0.15) is 0 Å². The van der Waals surface area contributed by atoms with E-state index in [2.05, 4.69) is 20.8 Å². The zero-order chi connectivity index (χ0) is 14.1. The topological polar surface area (TPSA) is 38.8 Å². The van der Waals surface area contributed by atoms with Crippen LogP contribution < -0.4 is 0 Å². The van der Waals surface area contributed by atoms with E-state index in [0.717, 1.165) is 25.7 Å². The molecule has 0 amide bonds. The van der Waals surface area contributed by atoms with Crippen molar-refractivity contribution in [3.05, 3.63) is 0 Å². The molecule has 2 aliphatic rings. The van der Waals surface area contributed by atoms with E-state index >= 15 is 0 Å². The Morgan fingerprint density at radius 1 is 1.42 bits per heavy atom.